The number of halogens is 4. The zero-order valence-electron chi connectivity index (χ0n) is 46.7. The van der Waals surface area contributed by atoms with Crippen molar-refractivity contribution in [1.82, 2.24) is 49.1 Å². The lowest BCUT2D eigenvalue weighted by molar-refractivity contribution is -0.141. The van der Waals surface area contributed by atoms with Gasteiger partial charge in [0.15, 0.2) is 0 Å². The van der Waals surface area contributed by atoms with Crippen molar-refractivity contribution in [3.8, 4) is 0 Å². The van der Waals surface area contributed by atoms with E-state index in [1.165, 1.54) is 39.1 Å². The van der Waals surface area contributed by atoms with Gasteiger partial charge in [0, 0.05) is 114 Å². The number of hydrogen-bond acceptors (Lipinski definition) is 9. The molecule has 4 fully saturated rings. The number of imidazole rings is 2. The highest BCUT2D eigenvalue weighted by Crippen LogP contribution is 2.46. The number of pyridine rings is 2. The summed E-state index contributed by atoms with van der Waals surface area (Å²) in [6.45, 7) is 11.7. The second-order valence-electron chi connectivity index (χ2n) is 24.4. The molecule has 2 aromatic carbocycles. The van der Waals surface area contributed by atoms with Gasteiger partial charge in [0.25, 0.3) is 0 Å². The number of fused-ring (bicyclic) bond motifs is 4. The topological polar surface area (TPSA) is 144 Å². The van der Waals surface area contributed by atoms with Crippen LogP contribution >= 0.6 is 55.1 Å². The van der Waals surface area contributed by atoms with Gasteiger partial charge in [-0.2, -0.15) is 0 Å². The summed E-state index contributed by atoms with van der Waals surface area (Å²) >= 11 is 20.1. The molecule has 0 saturated carbocycles. The minimum absolute atomic E-state index is 0.000650. The van der Waals surface area contributed by atoms with Gasteiger partial charge in [0.1, 0.15) is 11.6 Å². The molecule has 4 saturated heterocycles. The van der Waals surface area contributed by atoms with Crippen molar-refractivity contribution in [3.05, 3.63) is 162 Å². The Kier molecular flexibility index (Phi) is 18.1. The monoisotopic (exact) mass is 1260 g/mol. The molecular formula is C63H74Br2Cl2N10O4. The molecule has 2 aliphatic carbocycles. The number of aryl methyl sites for hydroxylation is 4. The van der Waals surface area contributed by atoms with E-state index in [1.807, 2.05) is 81.4 Å². The van der Waals surface area contributed by atoms with Crippen molar-refractivity contribution in [2.75, 3.05) is 39.3 Å². The molecular weight excluding hydrogens is 1190 g/mol. The molecule has 0 radical (unpaired) electrons. The summed E-state index contributed by atoms with van der Waals surface area (Å²) in [7, 11) is 0. The molecule has 428 valence electrons. The van der Waals surface area contributed by atoms with Crippen LogP contribution in [0.5, 0.6) is 0 Å². The Morgan fingerprint density at radius 3 is 1.69 bits per heavy atom. The SMILES string of the molecule is CC(C)(C)OC(=O)N1CCC(C2c3ccc(Cl)cc3CCc3cc(Br)cnc32)CC1C(=O)N1CCCC(Cn2ccnc2)C1.O=C(C1CC(C2c3ccc(Cl)cc3CCc3cc(Br)cnc32)CCN1)N1CCCC(Cn2ccnc2)C1. The van der Waals surface area contributed by atoms with Gasteiger partial charge in [0.2, 0.25) is 11.8 Å². The normalized spacial score (nSPS) is 24.7. The van der Waals surface area contributed by atoms with Gasteiger partial charge in [-0.25, -0.2) is 14.8 Å². The predicted molar refractivity (Wildman–Crippen MR) is 322 cm³/mol. The molecule has 8 unspecified atom stereocenters. The van der Waals surface area contributed by atoms with Crippen LogP contribution in [0.2, 0.25) is 10.0 Å². The zero-order valence-corrected chi connectivity index (χ0v) is 51.4. The Morgan fingerprint density at radius 2 is 1.17 bits per heavy atom. The first kappa shape index (κ1) is 57.7. The lowest BCUT2D eigenvalue weighted by Gasteiger charge is -2.44. The molecule has 1 N–H and O–H groups in total. The molecule has 6 aromatic rings. The maximum atomic E-state index is 14.5. The van der Waals surface area contributed by atoms with E-state index >= 15 is 0 Å². The van der Waals surface area contributed by atoms with Gasteiger partial charge in [-0.05, 0) is 230 Å². The van der Waals surface area contributed by atoms with Gasteiger partial charge >= 0.3 is 6.09 Å². The summed E-state index contributed by atoms with van der Waals surface area (Å²) < 4.78 is 12.0. The molecule has 8 atom stereocenters. The molecule has 8 heterocycles. The number of carbonyl (C=O) groups excluding carboxylic acids is 3. The number of nitrogens with one attached hydrogen (secondary N) is 1. The average Bonchev–Trinajstić information content (AvgIpc) is 4.20. The van der Waals surface area contributed by atoms with Crippen molar-refractivity contribution in [1.29, 1.82) is 0 Å². The second-order valence-corrected chi connectivity index (χ2v) is 27.1. The lowest BCUT2D eigenvalue weighted by atomic mass is 9.74. The highest BCUT2D eigenvalue weighted by molar-refractivity contribution is 9.10. The third-order valence-electron chi connectivity index (χ3n) is 17.7. The van der Waals surface area contributed by atoms with Gasteiger partial charge < -0.3 is 29.0 Å². The molecule has 81 heavy (non-hydrogen) atoms. The smallest absolute Gasteiger partial charge is 0.410 e. The summed E-state index contributed by atoms with van der Waals surface area (Å²) in [6, 6.07) is 16.2. The second kappa shape index (κ2) is 25.4. The number of rotatable bonds is 8. The van der Waals surface area contributed by atoms with Crippen molar-refractivity contribution in [2.45, 2.75) is 140 Å². The fourth-order valence-electron chi connectivity index (χ4n) is 14.1. The van der Waals surface area contributed by atoms with Gasteiger partial charge in [-0.3, -0.25) is 24.5 Å². The third-order valence-corrected chi connectivity index (χ3v) is 19.0. The van der Waals surface area contributed by atoms with Crippen LogP contribution in [0, 0.1) is 23.7 Å². The quantitative estimate of drug-likeness (QED) is 0.157. The number of likely N-dealkylation sites (tertiary alicyclic amines) is 3. The maximum Gasteiger partial charge on any atom is 0.410 e. The summed E-state index contributed by atoms with van der Waals surface area (Å²) in [4.78, 5) is 65.9. The molecule has 0 spiro atoms. The van der Waals surface area contributed by atoms with Crippen LogP contribution in [0.1, 0.15) is 129 Å². The minimum atomic E-state index is -0.654. The fraction of sp³-hybridized carbons (Fsp3) is 0.508. The van der Waals surface area contributed by atoms with E-state index in [-0.39, 0.29) is 35.6 Å². The van der Waals surface area contributed by atoms with Crippen LogP contribution in [0.25, 0.3) is 0 Å². The number of piperidine rings is 4. The molecule has 0 bridgehead atoms. The highest BCUT2D eigenvalue weighted by atomic mass is 79.9. The van der Waals surface area contributed by atoms with E-state index in [4.69, 9.17) is 37.9 Å². The van der Waals surface area contributed by atoms with Gasteiger partial charge in [-0.15, -0.1) is 0 Å². The summed E-state index contributed by atoms with van der Waals surface area (Å²) in [5, 5.41) is 5.08. The molecule has 14 nitrogen and oxygen atoms in total. The molecule has 4 aromatic heterocycles. The largest absolute Gasteiger partial charge is 0.444 e. The molecule has 3 amide bonds. The Labute approximate surface area is 503 Å². The summed E-state index contributed by atoms with van der Waals surface area (Å²) in [5.41, 5.74) is 9.18. The molecule has 12 rings (SSSR count). The Balaban J connectivity index is 0.000000173. The van der Waals surface area contributed by atoms with Crippen LogP contribution in [-0.2, 0) is 53.1 Å². The standard InChI is InChI=1S/C34H41BrClN5O3.C29H33BrClN5O/c1-34(2,3)44-33(43)41-13-10-24(17-29(41)32(42)40-12-4-5-22(20-40)19-39-14-11-37-21-39)30-28-9-8-27(36)16-23(28)6-7-25-15-26(35)18-38-31(25)30;30-23-12-22-4-3-20-13-24(31)5-6-25(20)27(28(22)34-15-23)21-7-8-33-26(14-21)29(37)36-10-1-2-19(17-36)16-35-11-9-32-18-35/h8-9,11,14-16,18,21-22,24,29-30H,4-7,10,12-13,17,19-20H2,1-3H3;5-6,9,11-13,15,18-19,21,26-27,33H,1-4,7-8,10,14,16-17H2. The van der Waals surface area contributed by atoms with E-state index in [9.17, 15) is 14.4 Å². The summed E-state index contributed by atoms with van der Waals surface area (Å²) in [6.07, 6.45) is 25.7. The molecule has 6 aliphatic rings. The summed E-state index contributed by atoms with van der Waals surface area (Å²) in [5.74, 6) is 1.71. The van der Waals surface area contributed by atoms with Gasteiger partial charge in [0.05, 0.1) is 30.1 Å². The first-order chi connectivity index (χ1) is 39.1. The Hall–Kier alpha value is -5.13. The Bertz CT molecular complexity index is 3080. The van der Waals surface area contributed by atoms with Crippen LogP contribution in [-0.4, -0.2) is 119 Å². The van der Waals surface area contributed by atoms with Crippen LogP contribution in [0.3, 0.4) is 0 Å². The van der Waals surface area contributed by atoms with Crippen LogP contribution < -0.4 is 5.32 Å². The number of amides is 3. The van der Waals surface area contributed by atoms with Crippen molar-refractivity contribution in [3.63, 3.8) is 0 Å². The van der Waals surface area contributed by atoms with Crippen LogP contribution in [0.4, 0.5) is 4.79 Å². The van der Waals surface area contributed by atoms with E-state index in [0.717, 1.165) is 128 Å². The number of aromatic nitrogens is 6. The lowest BCUT2D eigenvalue weighted by Crippen LogP contribution is -2.57. The first-order valence-corrected chi connectivity index (χ1v) is 31.5. The number of benzene rings is 2. The number of hydrogen-bond donors (Lipinski definition) is 1. The van der Waals surface area contributed by atoms with E-state index in [2.05, 4.69) is 97.6 Å². The molecule has 4 aliphatic heterocycles. The molecule has 18 heteroatoms. The first-order valence-electron chi connectivity index (χ1n) is 29.2. The van der Waals surface area contributed by atoms with Crippen LogP contribution in [0.15, 0.2) is 107 Å². The van der Waals surface area contributed by atoms with E-state index in [0.29, 0.717) is 43.8 Å². The van der Waals surface area contributed by atoms with E-state index < -0.39 is 17.7 Å². The fourth-order valence-corrected chi connectivity index (χ4v) is 15.2. The number of ether oxygens (including phenoxy) is 1. The van der Waals surface area contributed by atoms with E-state index in [1.54, 1.807) is 11.1 Å². The Morgan fingerprint density at radius 1 is 0.654 bits per heavy atom. The number of carbonyl (C=O) groups is 3. The van der Waals surface area contributed by atoms with Gasteiger partial charge in [-0.1, -0.05) is 35.3 Å². The van der Waals surface area contributed by atoms with Crippen molar-refractivity contribution in [2.24, 2.45) is 23.7 Å². The third kappa shape index (κ3) is 13.6. The highest BCUT2D eigenvalue weighted by Gasteiger charge is 2.45. The average molecular weight is 1270 g/mol. The number of nitrogens with zero attached hydrogens (tertiary/aromatic N) is 9. The van der Waals surface area contributed by atoms with Crippen molar-refractivity contribution >= 4 is 73.0 Å². The predicted octanol–water partition coefficient (Wildman–Crippen LogP) is 12.1. The minimum Gasteiger partial charge on any atom is -0.444 e. The zero-order chi connectivity index (χ0) is 56.4. The maximum absolute atomic E-state index is 14.5. The van der Waals surface area contributed by atoms with Crippen molar-refractivity contribution < 1.29 is 19.1 Å².